The summed E-state index contributed by atoms with van der Waals surface area (Å²) in [4.78, 5) is 27.3. The highest BCUT2D eigenvalue weighted by Crippen LogP contribution is 2.39. The zero-order valence-electron chi connectivity index (χ0n) is 13.6. The average molecular weight is 300 g/mol. The minimum atomic E-state index is -0.510. The molecular formula is C18H24N2O2. The third-order valence-electron chi connectivity index (χ3n) is 4.64. The van der Waals surface area contributed by atoms with Gasteiger partial charge in [-0.1, -0.05) is 31.0 Å². The van der Waals surface area contributed by atoms with E-state index in [9.17, 15) is 9.59 Å². The third kappa shape index (κ3) is 2.51. The quantitative estimate of drug-likeness (QED) is 0.912. The van der Waals surface area contributed by atoms with Crippen molar-refractivity contribution < 1.29 is 9.59 Å². The molecule has 22 heavy (non-hydrogen) atoms. The van der Waals surface area contributed by atoms with Gasteiger partial charge in [-0.3, -0.25) is 9.59 Å². The second kappa shape index (κ2) is 5.41. The van der Waals surface area contributed by atoms with E-state index in [-0.39, 0.29) is 17.9 Å². The van der Waals surface area contributed by atoms with Crippen molar-refractivity contribution in [1.82, 2.24) is 10.2 Å². The summed E-state index contributed by atoms with van der Waals surface area (Å²) in [5, 5.41) is 3.15. The molecule has 4 heteroatoms. The van der Waals surface area contributed by atoms with E-state index in [1.165, 1.54) is 12.8 Å². The first-order valence-electron chi connectivity index (χ1n) is 8.12. The van der Waals surface area contributed by atoms with Crippen LogP contribution in [0.4, 0.5) is 0 Å². The van der Waals surface area contributed by atoms with Crippen LogP contribution in [0, 0.1) is 0 Å². The van der Waals surface area contributed by atoms with Crippen LogP contribution in [-0.4, -0.2) is 28.3 Å². The van der Waals surface area contributed by atoms with Crippen LogP contribution in [0.3, 0.4) is 0 Å². The number of nitrogens with zero attached hydrogens (tertiary/aromatic N) is 1. The number of fused-ring (bicyclic) bond motifs is 1. The predicted octanol–water partition coefficient (Wildman–Crippen LogP) is 3.04. The normalized spacial score (nSPS) is 22.0. The summed E-state index contributed by atoms with van der Waals surface area (Å²) < 4.78 is 0. The number of hydrogen-bond donors (Lipinski definition) is 1. The van der Waals surface area contributed by atoms with E-state index in [0.717, 1.165) is 18.4 Å². The summed E-state index contributed by atoms with van der Waals surface area (Å²) in [5.74, 6) is -0.0882. The van der Waals surface area contributed by atoms with Gasteiger partial charge >= 0.3 is 0 Å². The zero-order chi connectivity index (χ0) is 15.9. The molecule has 1 atom stereocenters. The number of nitrogens with one attached hydrogen (secondary N) is 1. The molecule has 1 N–H and O–H groups in total. The van der Waals surface area contributed by atoms with Crippen LogP contribution in [0.2, 0.25) is 0 Å². The summed E-state index contributed by atoms with van der Waals surface area (Å²) >= 11 is 0. The molecule has 118 valence electrons. The molecule has 0 radical (unpaired) electrons. The lowest BCUT2D eigenvalue weighted by atomic mass is 10.0. The molecule has 3 rings (SSSR count). The van der Waals surface area contributed by atoms with Crippen molar-refractivity contribution in [2.75, 3.05) is 0 Å². The fourth-order valence-corrected chi connectivity index (χ4v) is 3.62. The monoisotopic (exact) mass is 300 g/mol. The second-order valence-corrected chi connectivity index (χ2v) is 7.33. The van der Waals surface area contributed by atoms with Gasteiger partial charge in [0.25, 0.3) is 5.91 Å². The maximum atomic E-state index is 12.9. The Balaban J connectivity index is 1.94. The van der Waals surface area contributed by atoms with Crippen molar-refractivity contribution in [2.45, 2.75) is 64.1 Å². The molecule has 1 aliphatic heterocycles. The standard InChI is InChI=1S/C18H24N2O2/c1-18(2,3)20-15(16(21)19-12-8-4-5-9-12)13-10-6-7-11-14(13)17(20)22/h6-7,10-12,15H,4-5,8-9H2,1-3H3,(H,19,21). The topological polar surface area (TPSA) is 49.4 Å². The Morgan fingerprint density at radius 2 is 1.82 bits per heavy atom. The fourth-order valence-electron chi connectivity index (χ4n) is 3.62. The molecule has 2 aliphatic rings. The van der Waals surface area contributed by atoms with Crippen LogP contribution in [0.15, 0.2) is 24.3 Å². The molecule has 1 heterocycles. The minimum Gasteiger partial charge on any atom is -0.351 e. The van der Waals surface area contributed by atoms with Crippen molar-refractivity contribution in [3.63, 3.8) is 0 Å². The molecule has 1 aromatic rings. The molecule has 0 bridgehead atoms. The Kier molecular flexibility index (Phi) is 3.71. The van der Waals surface area contributed by atoms with Gasteiger partial charge in [0, 0.05) is 17.1 Å². The lowest BCUT2D eigenvalue weighted by Gasteiger charge is -2.37. The highest BCUT2D eigenvalue weighted by Gasteiger charge is 2.46. The van der Waals surface area contributed by atoms with Gasteiger partial charge in [-0.25, -0.2) is 0 Å². The number of amides is 2. The second-order valence-electron chi connectivity index (χ2n) is 7.33. The zero-order valence-corrected chi connectivity index (χ0v) is 13.6. The van der Waals surface area contributed by atoms with Crippen LogP contribution < -0.4 is 5.32 Å². The Labute approximate surface area is 131 Å². The lowest BCUT2D eigenvalue weighted by Crippen LogP contribution is -2.49. The number of hydrogen-bond acceptors (Lipinski definition) is 2. The molecule has 1 unspecified atom stereocenters. The Hall–Kier alpha value is -1.84. The Morgan fingerprint density at radius 3 is 2.45 bits per heavy atom. The van der Waals surface area contributed by atoms with Crippen molar-refractivity contribution in [3.8, 4) is 0 Å². The van der Waals surface area contributed by atoms with Gasteiger partial charge in [0.15, 0.2) is 0 Å². The van der Waals surface area contributed by atoms with E-state index in [1.54, 1.807) is 4.90 Å². The van der Waals surface area contributed by atoms with Gasteiger partial charge in [0.05, 0.1) is 0 Å². The summed E-state index contributed by atoms with van der Waals surface area (Å²) in [5.41, 5.74) is 1.09. The Morgan fingerprint density at radius 1 is 1.18 bits per heavy atom. The van der Waals surface area contributed by atoms with Gasteiger partial charge in [-0.2, -0.15) is 0 Å². The number of carbonyl (C=O) groups excluding carboxylic acids is 2. The van der Waals surface area contributed by atoms with Crippen molar-refractivity contribution in [2.24, 2.45) is 0 Å². The molecule has 4 nitrogen and oxygen atoms in total. The highest BCUT2D eigenvalue weighted by atomic mass is 16.2. The maximum absolute atomic E-state index is 12.9. The molecule has 2 amide bonds. The first-order valence-corrected chi connectivity index (χ1v) is 8.12. The van der Waals surface area contributed by atoms with Gasteiger partial charge in [0.2, 0.25) is 5.91 Å². The molecule has 1 aliphatic carbocycles. The van der Waals surface area contributed by atoms with Gasteiger partial charge in [-0.05, 0) is 45.2 Å². The molecule has 0 aromatic heterocycles. The van der Waals surface area contributed by atoms with E-state index in [0.29, 0.717) is 5.56 Å². The van der Waals surface area contributed by atoms with Crippen LogP contribution in [0.25, 0.3) is 0 Å². The predicted molar refractivity (Wildman–Crippen MR) is 85.5 cm³/mol. The van der Waals surface area contributed by atoms with E-state index in [1.807, 2.05) is 45.0 Å². The van der Waals surface area contributed by atoms with Gasteiger partial charge < -0.3 is 10.2 Å². The lowest BCUT2D eigenvalue weighted by molar-refractivity contribution is -0.127. The Bertz CT molecular complexity index is 597. The molecule has 0 saturated heterocycles. The van der Waals surface area contributed by atoms with E-state index in [2.05, 4.69) is 5.32 Å². The third-order valence-corrected chi connectivity index (χ3v) is 4.64. The first kappa shape index (κ1) is 15.1. The van der Waals surface area contributed by atoms with E-state index >= 15 is 0 Å². The molecule has 0 spiro atoms. The average Bonchev–Trinajstić information content (AvgIpc) is 3.05. The number of rotatable bonds is 2. The van der Waals surface area contributed by atoms with Gasteiger partial charge in [0.1, 0.15) is 6.04 Å². The van der Waals surface area contributed by atoms with Crippen molar-refractivity contribution in [3.05, 3.63) is 35.4 Å². The maximum Gasteiger partial charge on any atom is 0.255 e. The summed E-state index contributed by atoms with van der Waals surface area (Å²) in [6, 6.07) is 7.22. The van der Waals surface area contributed by atoms with Crippen LogP contribution in [0.5, 0.6) is 0 Å². The largest absolute Gasteiger partial charge is 0.351 e. The van der Waals surface area contributed by atoms with Gasteiger partial charge in [-0.15, -0.1) is 0 Å². The summed E-state index contributed by atoms with van der Waals surface area (Å²) in [6.07, 6.45) is 4.44. The number of carbonyl (C=O) groups is 2. The van der Waals surface area contributed by atoms with Crippen molar-refractivity contribution >= 4 is 11.8 Å². The summed E-state index contributed by atoms with van der Waals surface area (Å²) in [6.45, 7) is 5.94. The molecular weight excluding hydrogens is 276 g/mol. The SMILES string of the molecule is CC(C)(C)N1C(=O)c2ccccc2C1C(=O)NC1CCCC1. The fraction of sp³-hybridized carbons (Fsp3) is 0.556. The number of benzene rings is 1. The van der Waals surface area contributed by atoms with E-state index in [4.69, 9.17) is 0 Å². The van der Waals surface area contributed by atoms with Crippen LogP contribution in [0.1, 0.15) is 68.4 Å². The van der Waals surface area contributed by atoms with Crippen LogP contribution >= 0.6 is 0 Å². The highest BCUT2D eigenvalue weighted by molar-refractivity contribution is 6.05. The van der Waals surface area contributed by atoms with E-state index < -0.39 is 11.6 Å². The molecule has 1 fully saturated rings. The molecule has 1 saturated carbocycles. The van der Waals surface area contributed by atoms with Crippen LogP contribution in [-0.2, 0) is 4.79 Å². The van der Waals surface area contributed by atoms with Crippen molar-refractivity contribution in [1.29, 1.82) is 0 Å². The first-order chi connectivity index (χ1) is 10.4. The molecule has 1 aromatic carbocycles. The minimum absolute atomic E-state index is 0.0416. The summed E-state index contributed by atoms with van der Waals surface area (Å²) in [7, 11) is 0. The smallest absolute Gasteiger partial charge is 0.255 e.